The molecule has 0 saturated heterocycles. The van der Waals surface area contributed by atoms with Gasteiger partial charge in [-0.3, -0.25) is 4.57 Å². The average Bonchev–Trinajstić information content (AvgIpc) is 3.70. The summed E-state index contributed by atoms with van der Waals surface area (Å²) in [5.41, 5.74) is 13.4. The Balaban J connectivity index is 1.25. The number of hydrogen-bond acceptors (Lipinski definition) is 1. The third-order valence-corrected chi connectivity index (χ3v) is 8.55. The number of rotatable bonds is 3. The van der Waals surface area contributed by atoms with Gasteiger partial charge in [0.2, 0.25) is 0 Å². The Labute approximate surface area is 237 Å². The molecule has 0 saturated carbocycles. The molecule has 9 rings (SSSR count). The summed E-state index contributed by atoms with van der Waals surface area (Å²) >= 11 is 0. The van der Waals surface area contributed by atoms with Crippen molar-refractivity contribution in [2.24, 2.45) is 0 Å². The first-order valence-electron chi connectivity index (χ1n) is 14.1. The first-order valence-corrected chi connectivity index (χ1v) is 14.1. The van der Waals surface area contributed by atoms with E-state index in [0.717, 1.165) is 34.5 Å². The van der Waals surface area contributed by atoms with Crippen LogP contribution in [-0.2, 0) is 6.42 Å². The van der Waals surface area contributed by atoms with Crippen LogP contribution in [0.4, 0.5) is 0 Å². The summed E-state index contributed by atoms with van der Waals surface area (Å²) in [4.78, 5) is 5.06. The highest BCUT2D eigenvalue weighted by Crippen LogP contribution is 2.41. The van der Waals surface area contributed by atoms with Crippen LogP contribution in [0.5, 0.6) is 0 Å². The van der Waals surface area contributed by atoms with Crippen molar-refractivity contribution < 1.29 is 0 Å². The number of para-hydroxylation sites is 4. The van der Waals surface area contributed by atoms with E-state index in [0.29, 0.717) is 0 Å². The van der Waals surface area contributed by atoms with Crippen LogP contribution in [0.25, 0.3) is 66.7 Å². The lowest BCUT2D eigenvalue weighted by Gasteiger charge is -2.13. The fourth-order valence-electron chi connectivity index (χ4n) is 6.69. The summed E-state index contributed by atoms with van der Waals surface area (Å²) in [6.45, 7) is 0. The van der Waals surface area contributed by atoms with Gasteiger partial charge in [0.1, 0.15) is 5.82 Å². The highest BCUT2D eigenvalue weighted by Gasteiger charge is 2.22. The Morgan fingerprint density at radius 1 is 0.463 bits per heavy atom. The fourth-order valence-corrected chi connectivity index (χ4v) is 6.69. The minimum Gasteiger partial charge on any atom is -0.309 e. The minimum atomic E-state index is 0.953. The van der Waals surface area contributed by atoms with Gasteiger partial charge in [-0.2, -0.15) is 0 Å². The van der Waals surface area contributed by atoms with E-state index in [-0.39, 0.29) is 0 Å². The topological polar surface area (TPSA) is 22.8 Å². The van der Waals surface area contributed by atoms with Crippen molar-refractivity contribution in [1.29, 1.82) is 0 Å². The van der Waals surface area contributed by atoms with Crippen molar-refractivity contribution in [3.8, 4) is 33.9 Å². The SMILES string of the molecule is c1ccc(-c2nc3ccccc3n2-c2ccc3c(c2)-c2cc(-n4c5ccccc5c5ccccc54)ccc2C3)cc1. The molecule has 1 aliphatic rings. The summed E-state index contributed by atoms with van der Waals surface area (Å²) in [5, 5.41) is 2.57. The molecule has 2 heterocycles. The standard InChI is InChI=1S/C38H25N3/c1-2-10-25(11-3-1)38-39-34-14-6-9-17-37(34)41(38)29-21-19-27-22-26-18-20-28(23-32(26)33(27)24-29)40-35-15-7-4-12-30(35)31-13-5-8-16-36(31)40/h1-21,23-24H,22H2. The van der Waals surface area contributed by atoms with Gasteiger partial charge in [-0.05, 0) is 77.2 Å². The molecular formula is C38H25N3. The average molecular weight is 524 g/mol. The van der Waals surface area contributed by atoms with Crippen LogP contribution < -0.4 is 0 Å². The molecule has 0 bridgehead atoms. The van der Waals surface area contributed by atoms with E-state index in [9.17, 15) is 0 Å². The van der Waals surface area contributed by atoms with Gasteiger partial charge in [0, 0.05) is 27.7 Å². The second kappa shape index (κ2) is 8.54. The van der Waals surface area contributed by atoms with Crippen molar-refractivity contribution in [2.45, 2.75) is 6.42 Å². The van der Waals surface area contributed by atoms with Crippen molar-refractivity contribution in [1.82, 2.24) is 14.1 Å². The third-order valence-electron chi connectivity index (χ3n) is 8.55. The molecular weight excluding hydrogens is 498 g/mol. The van der Waals surface area contributed by atoms with Gasteiger partial charge in [0.15, 0.2) is 0 Å². The van der Waals surface area contributed by atoms with Crippen LogP contribution in [0.15, 0.2) is 140 Å². The van der Waals surface area contributed by atoms with E-state index < -0.39 is 0 Å². The first-order chi connectivity index (χ1) is 20.3. The zero-order valence-electron chi connectivity index (χ0n) is 22.3. The third kappa shape index (κ3) is 3.30. The lowest BCUT2D eigenvalue weighted by Crippen LogP contribution is -1.98. The molecule has 3 nitrogen and oxygen atoms in total. The molecule has 6 aromatic carbocycles. The van der Waals surface area contributed by atoms with Gasteiger partial charge < -0.3 is 4.57 Å². The summed E-state index contributed by atoms with van der Waals surface area (Å²) in [6, 6.07) is 50.2. The highest BCUT2D eigenvalue weighted by molar-refractivity contribution is 6.09. The highest BCUT2D eigenvalue weighted by atomic mass is 15.1. The molecule has 0 unspecified atom stereocenters. The van der Waals surface area contributed by atoms with Crippen LogP contribution in [0.1, 0.15) is 11.1 Å². The largest absolute Gasteiger partial charge is 0.309 e. The van der Waals surface area contributed by atoms with Crippen LogP contribution in [0.3, 0.4) is 0 Å². The first kappa shape index (κ1) is 22.4. The van der Waals surface area contributed by atoms with Gasteiger partial charge >= 0.3 is 0 Å². The number of hydrogen-bond donors (Lipinski definition) is 0. The molecule has 0 radical (unpaired) electrons. The Bertz CT molecular complexity index is 2230. The van der Waals surface area contributed by atoms with Gasteiger partial charge in [0.25, 0.3) is 0 Å². The Morgan fingerprint density at radius 3 is 1.66 bits per heavy atom. The Kier molecular flexibility index (Phi) is 4.67. The lowest BCUT2D eigenvalue weighted by atomic mass is 10.0. The van der Waals surface area contributed by atoms with E-state index in [4.69, 9.17) is 4.98 Å². The molecule has 0 aliphatic heterocycles. The van der Waals surface area contributed by atoms with Gasteiger partial charge in [-0.25, -0.2) is 4.98 Å². The number of aromatic nitrogens is 3. The van der Waals surface area contributed by atoms with Crippen molar-refractivity contribution in [2.75, 3.05) is 0 Å². The maximum atomic E-state index is 5.06. The lowest BCUT2D eigenvalue weighted by molar-refractivity contribution is 1.10. The molecule has 2 aromatic heterocycles. The number of imidazole rings is 1. The van der Waals surface area contributed by atoms with Crippen LogP contribution in [0.2, 0.25) is 0 Å². The Morgan fingerprint density at radius 2 is 1.00 bits per heavy atom. The van der Waals surface area contributed by atoms with Crippen molar-refractivity contribution in [3.05, 3.63) is 151 Å². The monoisotopic (exact) mass is 523 g/mol. The molecule has 0 fully saturated rings. The van der Waals surface area contributed by atoms with E-state index in [1.54, 1.807) is 0 Å². The summed E-state index contributed by atoms with van der Waals surface area (Å²) < 4.78 is 4.71. The molecule has 1 aliphatic carbocycles. The van der Waals surface area contributed by atoms with E-state index in [1.807, 2.05) is 0 Å². The molecule has 0 atom stereocenters. The van der Waals surface area contributed by atoms with Crippen LogP contribution in [0, 0.1) is 0 Å². The van der Waals surface area contributed by atoms with Crippen LogP contribution in [-0.4, -0.2) is 14.1 Å². The van der Waals surface area contributed by atoms with E-state index in [2.05, 4.69) is 149 Å². The summed E-state index contributed by atoms with van der Waals surface area (Å²) in [7, 11) is 0. The molecule has 0 spiro atoms. The van der Waals surface area contributed by atoms with Crippen molar-refractivity contribution >= 4 is 32.8 Å². The molecule has 0 amide bonds. The maximum absolute atomic E-state index is 5.06. The fraction of sp³-hybridized carbons (Fsp3) is 0.0263. The summed E-state index contributed by atoms with van der Waals surface area (Å²) in [5.74, 6) is 0.962. The Hall–Kier alpha value is -5.41. The smallest absolute Gasteiger partial charge is 0.145 e. The second-order valence-electron chi connectivity index (χ2n) is 10.9. The predicted molar refractivity (Wildman–Crippen MR) is 169 cm³/mol. The zero-order valence-corrected chi connectivity index (χ0v) is 22.3. The quantitative estimate of drug-likeness (QED) is 0.226. The maximum Gasteiger partial charge on any atom is 0.145 e. The molecule has 41 heavy (non-hydrogen) atoms. The number of nitrogens with zero attached hydrogens (tertiary/aromatic N) is 3. The number of fused-ring (bicyclic) bond motifs is 7. The normalized spacial score (nSPS) is 12.3. The molecule has 192 valence electrons. The van der Waals surface area contributed by atoms with Gasteiger partial charge in [0.05, 0.1) is 22.1 Å². The van der Waals surface area contributed by atoms with Crippen molar-refractivity contribution in [3.63, 3.8) is 0 Å². The predicted octanol–water partition coefficient (Wildman–Crippen LogP) is 9.36. The molecule has 0 N–H and O–H groups in total. The van der Waals surface area contributed by atoms with E-state index in [1.165, 1.54) is 49.7 Å². The molecule has 3 heteroatoms. The van der Waals surface area contributed by atoms with E-state index >= 15 is 0 Å². The summed E-state index contributed by atoms with van der Waals surface area (Å²) in [6.07, 6.45) is 0.953. The zero-order chi connectivity index (χ0) is 26.9. The van der Waals surface area contributed by atoms with Crippen LogP contribution >= 0.6 is 0 Å². The van der Waals surface area contributed by atoms with Gasteiger partial charge in [-0.1, -0.05) is 91.0 Å². The minimum absolute atomic E-state index is 0.953. The van der Waals surface area contributed by atoms with Gasteiger partial charge in [-0.15, -0.1) is 0 Å². The number of benzene rings is 6. The second-order valence-corrected chi connectivity index (χ2v) is 10.9. The molecule has 8 aromatic rings.